The largest absolute Gasteiger partial charge is 0.495 e. The number of nitrogens with zero attached hydrogens (tertiary/aromatic N) is 3. The summed E-state index contributed by atoms with van der Waals surface area (Å²) in [5, 5.41) is 16.2. The van der Waals surface area contributed by atoms with Crippen LogP contribution in [-0.2, 0) is 14.4 Å². The number of pyridine rings is 1. The topological polar surface area (TPSA) is 131 Å². The highest BCUT2D eigenvalue weighted by Crippen LogP contribution is 2.46. The van der Waals surface area contributed by atoms with Crippen LogP contribution in [0.3, 0.4) is 0 Å². The smallest absolute Gasteiger partial charge is 0.330 e. The van der Waals surface area contributed by atoms with Gasteiger partial charge in [0.1, 0.15) is 39.9 Å². The van der Waals surface area contributed by atoms with Gasteiger partial charge in [-0.1, -0.05) is 25.0 Å². The summed E-state index contributed by atoms with van der Waals surface area (Å²) in [6.45, 7) is 0.216. The zero-order valence-corrected chi connectivity index (χ0v) is 26.2. The van der Waals surface area contributed by atoms with E-state index in [9.17, 15) is 19.5 Å². The summed E-state index contributed by atoms with van der Waals surface area (Å²) in [6.07, 6.45) is 10.6. The van der Waals surface area contributed by atoms with Crippen LogP contribution in [0.15, 0.2) is 46.4 Å². The quantitative estimate of drug-likeness (QED) is 0.348. The number of rotatable bonds is 5. The van der Waals surface area contributed by atoms with E-state index >= 15 is 0 Å². The fourth-order valence-corrected chi connectivity index (χ4v) is 7.27. The van der Waals surface area contributed by atoms with Crippen LogP contribution < -0.4 is 14.8 Å². The van der Waals surface area contributed by atoms with Crippen molar-refractivity contribution in [3.63, 3.8) is 0 Å². The van der Waals surface area contributed by atoms with E-state index in [-0.39, 0.29) is 24.8 Å². The number of allylic oxidation sites excluding steroid dienone is 1. The molecule has 0 bridgehead atoms. The molecule has 1 saturated heterocycles. The summed E-state index contributed by atoms with van der Waals surface area (Å²) >= 11 is 5.08. The molecule has 1 aliphatic carbocycles. The third-order valence-corrected chi connectivity index (χ3v) is 10.1. The maximum atomic E-state index is 13.7. The fourth-order valence-electron chi connectivity index (χ4n) is 6.07. The molecule has 10 nitrogen and oxygen atoms in total. The fraction of sp³-hybridized carbons (Fsp3) is 0.452. The van der Waals surface area contributed by atoms with Gasteiger partial charge in [-0.3, -0.25) is 9.59 Å². The number of thiazole rings is 1. The van der Waals surface area contributed by atoms with Crippen LogP contribution in [0.25, 0.3) is 21.6 Å². The van der Waals surface area contributed by atoms with Gasteiger partial charge in [0.05, 0.1) is 23.6 Å². The molecule has 4 heterocycles. The number of carbonyl (C=O) groups is 3. The molecule has 6 rings (SSSR count). The summed E-state index contributed by atoms with van der Waals surface area (Å²) in [7, 11) is 1.59. The Kier molecular flexibility index (Phi) is 8.41. The molecule has 2 N–H and O–H groups in total. The second kappa shape index (κ2) is 12.2. The second-order valence-corrected chi connectivity index (χ2v) is 13.0. The van der Waals surface area contributed by atoms with Gasteiger partial charge in [-0.05, 0) is 53.7 Å². The number of ether oxygens (including phenoxy) is 2. The van der Waals surface area contributed by atoms with E-state index in [1.165, 1.54) is 11.3 Å². The number of amides is 2. The molecule has 3 aromatic rings. The number of fused-ring (bicyclic) bond motifs is 3. The summed E-state index contributed by atoms with van der Waals surface area (Å²) in [5.41, 5.74) is -0.0688. The predicted octanol–water partition coefficient (Wildman–Crippen LogP) is 5.35. The third kappa shape index (κ3) is 5.86. The molecule has 1 saturated carbocycles. The van der Waals surface area contributed by atoms with Crippen LogP contribution in [0.2, 0.25) is 0 Å². The molecule has 3 aliphatic rings. The monoisotopic (exact) mass is 668 g/mol. The van der Waals surface area contributed by atoms with E-state index in [0.717, 1.165) is 42.5 Å². The summed E-state index contributed by atoms with van der Waals surface area (Å²) < 4.78 is 12.7. The number of nitrogens with one attached hydrogen (secondary N) is 1. The number of hydrogen-bond donors (Lipinski definition) is 2. The van der Waals surface area contributed by atoms with E-state index in [4.69, 9.17) is 14.5 Å². The normalized spacial score (nSPS) is 26.2. The second-order valence-electron chi connectivity index (χ2n) is 11.3. The van der Waals surface area contributed by atoms with E-state index in [2.05, 4.69) is 26.2 Å². The maximum Gasteiger partial charge on any atom is 0.330 e. The van der Waals surface area contributed by atoms with E-state index in [0.29, 0.717) is 40.0 Å². The Hall–Kier alpha value is -3.51. The minimum absolute atomic E-state index is 0.119. The number of aromatic nitrogens is 2. The van der Waals surface area contributed by atoms with Crippen LogP contribution in [0.1, 0.15) is 51.4 Å². The van der Waals surface area contributed by atoms with Crippen molar-refractivity contribution in [1.82, 2.24) is 20.2 Å². The molecular formula is C31H33BrN4O6S. The standard InChI is InChI=1S/C31H33BrN4O6S/c1-41-23-11-10-20-24(15-21(29-33-12-13-43-29)34-27(20)26(23)32)42-19-14-22-28(38)35-31(30(39)40)16-18(31)8-6-4-2-3-5-7-9-25(37)36(22)17-19/h6,8,10-13,15,18-19,22H,2-5,7,9,14,16-17H2,1H3,(H,35,38)(H,39,40). The Balaban J connectivity index is 1.31. The zero-order valence-electron chi connectivity index (χ0n) is 23.8. The number of aliphatic carboxylic acids is 1. The summed E-state index contributed by atoms with van der Waals surface area (Å²) in [6, 6.07) is 4.70. The lowest BCUT2D eigenvalue weighted by Crippen LogP contribution is -2.53. The number of methoxy groups -OCH3 is 1. The van der Waals surface area contributed by atoms with Crippen molar-refractivity contribution in [2.45, 2.75) is 69.1 Å². The van der Waals surface area contributed by atoms with Gasteiger partial charge in [0, 0.05) is 41.8 Å². The Labute approximate surface area is 261 Å². The van der Waals surface area contributed by atoms with Gasteiger partial charge in [0.2, 0.25) is 11.8 Å². The molecule has 0 spiro atoms. The summed E-state index contributed by atoms with van der Waals surface area (Å²) in [4.78, 5) is 50.2. The van der Waals surface area contributed by atoms with Crippen LogP contribution in [0.5, 0.6) is 11.5 Å². The average Bonchev–Trinajstić information content (AvgIpc) is 3.32. The lowest BCUT2D eigenvalue weighted by atomic mass is 10.1. The highest BCUT2D eigenvalue weighted by Gasteiger charge is 2.61. The van der Waals surface area contributed by atoms with Crippen LogP contribution in [-0.4, -0.2) is 69.1 Å². The Bertz CT molecular complexity index is 1580. The molecule has 12 heteroatoms. The van der Waals surface area contributed by atoms with Crippen molar-refractivity contribution in [3.8, 4) is 22.2 Å². The predicted molar refractivity (Wildman–Crippen MR) is 165 cm³/mol. The molecule has 2 fully saturated rings. The zero-order chi connectivity index (χ0) is 30.1. The van der Waals surface area contributed by atoms with Gasteiger partial charge in [0.25, 0.3) is 0 Å². The Morgan fingerprint density at radius 1 is 1.21 bits per heavy atom. The first-order valence-corrected chi connectivity index (χ1v) is 16.2. The molecule has 4 unspecified atom stereocenters. The van der Waals surface area contributed by atoms with Crippen LogP contribution in [0, 0.1) is 5.92 Å². The first-order chi connectivity index (χ1) is 20.8. The Morgan fingerprint density at radius 3 is 2.81 bits per heavy atom. The number of halogens is 1. The van der Waals surface area contributed by atoms with Crippen molar-refractivity contribution in [1.29, 1.82) is 0 Å². The molecular weight excluding hydrogens is 636 g/mol. The number of carboxylic acid groups (broad SMARTS) is 1. The molecule has 43 heavy (non-hydrogen) atoms. The summed E-state index contributed by atoms with van der Waals surface area (Å²) in [5.74, 6) is -0.720. The third-order valence-electron chi connectivity index (χ3n) is 8.52. The number of hydrogen-bond acceptors (Lipinski definition) is 8. The maximum absolute atomic E-state index is 13.7. The number of carboxylic acids is 1. The van der Waals surface area contributed by atoms with Gasteiger partial charge in [0.15, 0.2) is 0 Å². The van der Waals surface area contributed by atoms with Gasteiger partial charge in [-0.2, -0.15) is 0 Å². The van der Waals surface area contributed by atoms with Gasteiger partial charge in [-0.25, -0.2) is 14.8 Å². The van der Waals surface area contributed by atoms with Crippen molar-refractivity contribution >= 4 is 56.0 Å². The molecule has 1 aromatic carbocycles. The van der Waals surface area contributed by atoms with Gasteiger partial charge >= 0.3 is 5.97 Å². The van der Waals surface area contributed by atoms with E-state index in [1.807, 2.05) is 35.7 Å². The molecule has 226 valence electrons. The van der Waals surface area contributed by atoms with Crippen LogP contribution >= 0.6 is 27.3 Å². The van der Waals surface area contributed by atoms with Gasteiger partial charge in [-0.15, -0.1) is 11.3 Å². The molecule has 0 radical (unpaired) electrons. The van der Waals surface area contributed by atoms with Crippen molar-refractivity contribution in [2.24, 2.45) is 5.92 Å². The van der Waals surface area contributed by atoms with E-state index in [1.54, 1.807) is 18.2 Å². The SMILES string of the molecule is COc1ccc2c(OC3CC4C(=O)NC5(C(=O)O)CC5C=CCCCCCCC(=O)N4C3)cc(-c3nccs3)nc2c1Br. The molecule has 4 atom stereocenters. The number of carbonyl (C=O) groups excluding carboxylic acids is 2. The van der Waals surface area contributed by atoms with Crippen molar-refractivity contribution < 1.29 is 29.0 Å². The van der Waals surface area contributed by atoms with E-state index < -0.39 is 29.6 Å². The first kappa shape index (κ1) is 29.6. The minimum Gasteiger partial charge on any atom is -0.495 e. The molecule has 2 aromatic heterocycles. The van der Waals surface area contributed by atoms with Gasteiger partial charge < -0.3 is 24.8 Å². The van der Waals surface area contributed by atoms with Crippen molar-refractivity contribution in [3.05, 3.63) is 46.4 Å². The Morgan fingerprint density at radius 2 is 2.05 bits per heavy atom. The minimum atomic E-state index is -1.34. The van der Waals surface area contributed by atoms with Crippen molar-refractivity contribution in [2.75, 3.05) is 13.7 Å². The molecule has 2 amide bonds. The lowest BCUT2D eigenvalue weighted by molar-refractivity contribution is -0.145. The highest BCUT2D eigenvalue weighted by molar-refractivity contribution is 9.10. The highest BCUT2D eigenvalue weighted by atomic mass is 79.9. The average molecular weight is 670 g/mol. The first-order valence-electron chi connectivity index (χ1n) is 14.6. The number of benzene rings is 1. The molecule has 2 aliphatic heterocycles. The lowest BCUT2D eigenvalue weighted by Gasteiger charge is -2.25. The van der Waals surface area contributed by atoms with Crippen LogP contribution in [0.4, 0.5) is 0 Å².